The first-order valence-corrected chi connectivity index (χ1v) is 8.70. The van der Waals surface area contributed by atoms with E-state index in [0.29, 0.717) is 12.1 Å². The molecule has 3 atom stereocenters. The van der Waals surface area contributed by atoms with Gasteiger partial charge < -0.3 is 5.73 Å². The first-order valence-electron chi connectivity index (χ1n) is 7.91. The summed E-state index contributed by atoms with van der Waals surface area (Å²) in [5.41, 5.74) is 7.70. The Labute approximate surface area is 131 Å². The van der Waals surface area contributed by atoms with Gasteiger partial charge in [0.1, 0.15) is 0 Å². The van der Waals surface area contributed by atoms with Gasteiger partial charge in [0.2, 0.25) is 0 Å². The molecule has 0 amide bonds. The van der Waals surface area contributed by atoms with Crippen LogP contribution in [0.3, 0.4) is 0 Å². The molecule has 0 spiro atoms. The summed E-state index contributed by atoms with van der Waals surface area (Å²) in [5, 5.41) is 0. The number of piperidine rings is 1. The third-order valence-corrected chi connectivity index (χ3v) is 5.10. The van der Waals surface area contributed by atoms with Crippen LogP contribution in [0.5, 0.6) is 0 Å². The molecule has 1 fully saturated rings. The van der Waals surface area contributed by atoms with Crippen molar-refractivity contribution in [2.24, 2.45) is 5.73 Å². The maximum absolute atomic E-state index is 6.36. The zero-order valence-corrected chi connectivity index (χ0v) is 14.3. The van der Waals surface area contributed by atoms with Gasteiger partial charge in [0.05, 0.1) is 6.04 Å². The molecule has 1 aromatic carbocycles. The van der Waals surface area contributed by atoms with Crippen molar-refractivity contribution in [1.29, 1.82) is 0 Å². The third kappa shape index (κ3) is 3.63. The van der Waals surface area contributed by atoms with Gasteiger partial charge in [0, 0.05) is 16.6 Å². The minimum atomic E-state index is 0.145. The van der Waals surface area contributed by atoms with Crippen molar-refractivity contribution >= 4 is 15.9 Å². The lowest BCUT2D eigenvalue weighted by molar-refractivity contribution is 0.0761. The number of halogens is 1. The molecule has 0 radical (unpaired) electrons. The number of likely N-dealkylation sites (tertiary alicyclic amines) is 1. The topological polar surface area (TPSA) is 29.3 Å². The Hall–Kier alpha value is -0.380. The first kappa shape index (κ1) is 16.0. The molecule has 2 nitrogen and oxygen atoms in total. The Morgan fingerprint density at radius 3 is 2.75 bits per heavy atom. The number of hydrogen-bond donors (Lipinski definition) is 1. The Morgan fingerprint density at radius 1 is 1.35 bits per heavy atom. The Morgan fingerprint density at radius 2 is 2.10 bits per heavy atom. The van der Waals surface area contributed by atoms with Crippen LogP contribution in [0.1, 0.15) is 57.6 Å². The molecule has 1 heterocycles. The largest absolute Gasteiger partial charge is 0.326 e. The summed E-state index contributed by atoms with van der Waals surface area (Å²) >= 11 is 3.71. The van der Waals surface area contributed by atoms with Gasteiger partial charge in [-0.05, 0) is 44.4 Å². The van der Waals surface area contributed by atoms with E-state index in [1.807, 2.05) is 0 Å². The fourth-order valence-corrected chi connectivity index (χ4v) is 4.03. The van der Waals surface area contributed by atoms with Crippen LogP contribution >= 0.6 is 15.9 Å². The minimum Gasteiger partial charge on any atom is -0.326 e. The van der Waals surface area contributed by atoms with Gasteiger partial charge in [-0.2, -0.15) is 0 Å². The van der Waals surface area contributed by atoms with E-state index < -0.39 is 0 Å². The smallest absolute Gasteiger partial charge is 0.0510 e. The van der Waals surface area contributed by atoms with Gasteiger partial charge >= 0.3 is 0 Å². The molecule has 1 aliphatic heterocycles. The molecule has 0 bridgehead atoms. The molecule has 0 aliphatic carbocycles. The summed E-state index contributed by atoms with van der Waals surface area (Å²) in [7, 11) is 0. The summed E-state index contributed by atoms with van der Waals surface area (Å²) in [6.45, 7) is 5.60. The molecule has 3 heteroatoms. The molecule has 2 N–H and O–H groups in total. The van der Waals surface area contributed by atoms with Crippen LogP contribution in [-0.4, -0.2) is 23.5 Å². The molecule has 1 saturated heterocycles. The highest BCUT2D eigenvalue weighted by Gasteiger charge is 2.32. The monoisotopic (exact) mass is 338 g/mol. The molecular formula is C17H27BrN2. The van der Waals surface area contributed by atoms with Crippen LogP contribution in [0.4, 0.5) is 0 Å². The van der Waals surface area contributed by atoms with Crippen molar-refractivity contribution in [2.75, 3.05) is 6.54 Å². The molecule has 20 heavy (non-hydrogen) atoms. The average Bonchev–Trinajstić information content (AvgIpc) is 2.43. The van der Waals surface area contributed by atoms with Crippen LogP contribution in [0.25, 0.3) is 0 Å². The van der Waals surface area contributed by atoms with E-state index in [2.05, 4.69) is 58.9 Å². The Balaban J connectivity index is 2.29. The summed E-state index contributed by atoms with van der Waals surface area (Å²) in [4.78, 5) is 2.66. The van der Waals surface area contributed by atoms with Gasteiger partial charge in [0.25, 0.3) is 0 Å². The maximum Gasteiger partial charge on any atom is 0.0510 e. The summed E-state index contributed by atoms with van der Waals surface area (Å²) < 4.78 is 1.18. The van der Waals surface area contributed by atoms with Crippen molar-refractivity contribution in [3.05, 3.63) is 34.3 Å². The van der Waals surface area contributed by atoms with Crippen LogP contribution in [0, 0.1) is 0 Å². The van der Waals surface area contributed by atoms with E-state index in [1.165, 1.54) is 48.7 Å². The highest BCUT2D eigenvalue weighted by Crippen LogP contribution is 2.35. The highest BCUT2D eigenvalue weighted by atomic mass is 79.9. The summed E-state index contributed by atoms with van der Waals surface area (Å²) in [6, 6.07) is 9.70. The highest BCUT2D eigenvalue weighted by molar-refractivity contribution is 9.10. The van der Waals surface area contributed by atoms with Crippen LogP contribution in [-0.2, 0) is 0 Å². The standard InChI is InChI=1S/C17H27BrN2/c1-3-8-14-9-6-7-12-20(14)17(13(2)19)15-10-4-5-11-16(15)18/h4-5,10-11,13-14,17H,3,6-9,12,19H2,1-2H3. The van der Waals surface area contributed by atoms with Gasteiger partial charge in [-0.1, -0.05) is 53.9 Å². The normalized spacial score (nSPS) is 23.5. The van der Waals surface area contributed by atoms with E-state index in [9.17, 15) is 0 Å². The van der Waals surface area contributed by atoms with Gasteiger partial charge in [-0.15, -0.1) is 0 Å². The second-order valence-corrected chi connectivity index (χ2v) is 6.86. The average molecular weight is 339 g/mol. The third-order valence-electron chi connectivity index (χ3n) is 4.37. The molecule has 1 aliphatic rings. The second-order valence-electron chi connectivity index (χ2n) is 6.00. The van der Waals surface area contributed by atoms with Crippen molar-refractivity contribution in [2.45, 2.75) is 64.1 Å². The van der Waals surface area contributed by atoms with Gasteiger partial charge in [-0.25, -0.2) is 0 Å². The van der Waals surface area contributed by atoms with E-state index in [-0.39, 0.29) is 6.04 Å². The van der Waals surface area contributed by atoms with Crippen LogP contribution < -0.4 is 5.73 Å². The number of nitrogens with two attached hydrogens (primary N) is 1. The van der Waals surface area contributed by atoms with Gasteiger partial charge in [-0.3, -0.25) is 4.90 Å². The van der Waals surface area contributed by atoms with Crippen molar-refractivity contribution in [1.82, 2.24) is 4.90 Å². The van der Waals surface area contributed by atoms with E-state index in [0.717, 1.165) is 0 Å². The molecule has 0 saturated carbocycles. The minimum absolute atomic E-state index is 0.145. The van der Waals surface area contributed by atoms with E-state index in [1.54, 1.807) is 0 Å². The van der Waals surface area contributed by atoms with E-state index >= 15 is 0 Å². The number of rotatable bonds is 5. The predicted molar refractivity (Wildman–Crippen MR) is 89.8 cm³/mol. The molecule has 0 aromatic heterocycles. The number of benzene rings is 1. The molecule has 2 rings (SSSR count). The van der Waals surface area contributed by atoms with Crippen LogP contribution in [0.15, 0.2) is 28.7 Å². The lowest BCUT2D eigenvalue weighted by atomic mass is 9.91. The first-order chi connectivity index (χ1) is 9.65. The van der Waals surface area contributed by atoms with Crippen molar-refractivity contribution in [3.63, 3.8) is 0 Å². The maximum atomic E-state index is 6.36. The molecule has 112 valence electrons. The molecule has 3 unspecified atom stereocenters. The van der Waals surface area contributed by atoms with Crippen molar-refractivity contribution < 1.29 is 0 Å². The Bertz CT molecular complexity index is 417. The number of nitrogens with zero attached hydrogens (tertiary/aromatic N) is 1. The summed E-state index contributed by atoms with van der Waals surface area (Å²) in [6.07, 6.45) is 6.52. The predicted octanol–water partition coefficient (Wildman–Crippen LogP) is 4.49. The van der Waals surface area contributed by atoms with Gasteiger partial charge in [0.15, 0.2) is 0 Å². The fourth-order valence-electron chi connectivity index (χ4n) is 3.51. The van der Waals surface area contributed by atoms with Crippen molar-refractivity contribution in [3.8, 4) is 0 Å². The fraction of sp³-hybridized carbons (Fsp3) is 0.647. The lowest BCUT2D eigenvalue weighted by Gasteiger charge is -2.43. The molecule has 1 aromatic rings. The zero-order chi connectivity index (χ0) is 14.5. The quantitative estimate of drug-likeness (QED) is 0.856. The Kier molecular flexibility index (Phi) is 6.06. The van der Waals surface area contributed by atoms with E-state index in [4.69, 9.17) is 5.73 Å². The second kappa shape index (κ2) is 7.58. The zero-order valence-electron chi connectivity index (χ0n) is 12.7. The molecular weight excluding hydrogens is 312 g/mol. The summed E-state index contributed by atoms with van der Waals surface area (Å²) in [5.74, 6) is 0. The lowest BCUT2D eigenvalue weighted by Crippen LogP contribution is -2.47. The van der Waals surface area contributed by atoms with Crippen LogP contribution in [0.2, 0.25) is 0 Å². The number of hydrogen-bond acceptors (Lipinski definition) is 2. The SMILES string of the molecule is CCCC1CCCCN1C(c1ccccc1Br)C(C)N.